The highest BCUT2D eigenvalue weighted by molar-refractivity contribution is 6.04. The summed E-state index contributed by atoms with van der Waals surface area (Å²) in [5, 5.41) is 6.80. The van der Waals surface area contributed by atoms with Crippen molar-refractivity contribution in [2.45, 2.75) is 38.3 Å². The number of rotatable bonds is 7. The predicted molar refractivity (Wildman–Crippen MR) is 128 cm³/mol. The highest BCUT2D eigenvalue weighted by Crippen LogP contribution is 2.24. The van der Waals surface area contributed by atoms with Crippen LogP contribution in [0, 0.1) is 0 Å². The van der Waals surface area contributed by atoms with Crippen LogP contribution in [0.2, 0.25) is 0 Å². The van der Waals surface area contributed by atoms with Gasteiger partial charge in [-0.1, -0.05) is 6.07 Å². The van der Waals surface area contributed by atoms with E-state index in [-0.39, 0.29) is 11.4 Å². The van der Waals surface area contributed by atoms with E-state index < -0.39 is 0 Å². The Morgan fingerprint density at radius 3 is 2.62 bits per heavy atom. The fourth-order valence-electron chi connectivity index (χ4n) is 4.50. The molecule has 2 aliphatic heterocycles. The number of nitrogens with one attached hydrogen (secondary N) is 2. The monoisotopic (exact) mass is 437 g/mol. The molecule has 2 aromatic rings. The maximum absolute atomic E-state index is 12.4. The molecule has 0 saturated carbocycles. The van der Waals surface area contributed by atoms with Crippen molar-refractivity contribution in [3.8, 4) is 0 Å². The first-order valence-corrected chi connectivity index (χ1v) is 11.6. The van der Waals surface area contributed by atoms with E-state index in [4.69, 9.17) is 4.74 Å². The number of morpholine rings is 1. The molecule has 2 fully saturated rings. The molecule has 172 valence electrons. The van der Waals surface area contributed by atoms with E-state index in [0.717, 1.165) is 70.2 Å². The summed E-state index contributed by atoms with van der Waals surface area (Å²) in [6.07, 6.45) is 5.48. The fourth-order valence-corrected chi connectivity index (χ4v) is 4.50. The third kappa shape index (κ3) is 5.85. The van der Waals surface area contributed by atoms with Gasteiger partial charge in [0.15, 0.2) is 0 Å². The van der Waals surface area contributed by atoms with Gasteiger partial charge in [-0.2, -0.15) is 0 Å². The van der Waals surface area contributed by atoms with E-state index in [1.807, 2.05) is 12.1 Å². The normalized spacial score (nSPS) is 18.5. The Labute approximate surface area is 191 Å². The summed E-state index contributed by atoms with van der Waals surface area (Å²) in [7, 11) is 0. The molecule has 2 N–H and O–H groups in total. The Hall–Kier alpha value is -2.48. The molecule has 3 heterocycles. The van der Waals surface area contributed by atoms with Crippen molar-refractivity contribution in [3.63, 3.8) is 0 Å². The molecule has 0 spiro atoms. The average Bonchev–Trinajstić information content (AvgIpc) is 2.84. The van der Waals surface area contributed by atoms with E-state index in [1.165, 1.54) is 0 Å². The number of hydrogen-bond donors (Lipinski definition) is 2. The number of carbonyl (C=O) groups excluding carboxylic acids is 1. The molecule has 1 aromatic carbocycles. The second kappa shape index (κ2) is 10.4. The summed E-state index contributed by atoms with van der Waals surface area (Å²) >= 11 is 0. The lowest BCUT2D eigenvalue weighted by molar-refractivity contribution is -0.0105. The Morgan fingerprint density at radius 1 is 1.12 bits per heavy atom. The molecule has 2 aliphatic rings. The zero-order chi connectivity index (χ0) is 22.4. The Bertz CT molecular complexity index is 875. The van der Waals surface area contributed by atoms with Gasteiger partial charge in [0.1, 0.15) is 0 Å². The second-order valence-corrected chi connectivity index (χ2v) is 9.30. The van der Waals surface area contributed by atoms with Crippen LogP contribution in [0.4, 0.5) is 11.4 Å². The molecule has 7 heteroatoms. The van der Waals surface area contributed by atoms with Crippen LogP contribution in [0.15, 0.2) is 48.8 Å². The van der Waals surface area contributed by atoms with E-state index in [0.29, 0.717) is 11.6 Å². The van der Waals surface area contributed by atoms with Gasteiger partial charge in [0.25, 0.3) is 5.91 Å². The first-order valence-electron chi connectivity index (χ1n) is 11.6. The molecular weight excluding hydrogens is 402 g/mol. The van der Waals surface area contributed by atoms with Crippen molar-refractivity contribution < 1.29 is 9.53 Å². The lowest BCUT2D eigenvalue weighted by Crippen LogP contribution is -2.56. The van der Waals surface area contributed by atoms with Crippen molar-refractivity contribution in [3.05, 3.63) is 54.4 Å². The molecule has 0 bridgehead atoms. The zero-order valence-corrected chi connectivity index (χ0v) is 19.2. The molecule has 7 nitrogen and oxygen atoms in total. The van der Waals surface area contributed by atoms with Gasteiger partial charge in [-0.15, -0.1) is 0 Å². The Kier molecular flexibility index (Phi) is 7.40. The van der Waals surface area contributed by atoms with Crippen LogP contribution in [-0.2, 0) is 4.74 Å². The molecule has 32 heavy (non-hydrogen) atoms. The summed E-state index contributed by atoms with van der Waals surface area (Å²) in [5.41, 5.74) is 2.66. The number of ether oxygens (including phenoxy) is 1. The SMILES string of the molecule is CC(C)(CNC1CCN(c2cccc(NC(=O)c3cccnc3)c2)CC1)N1CCOCC1. The number of pyridine rings is 1. The van der Waals surface area contributed by atoms with Gasteiger partial charge in [0, 0.05) is 68.1 Å². The van der Waals surface area contributed by atoms with Crippen molar-refractivity contribution >= 4 is 17.3 Å². The largest absolute Gasteiger partial charge is 0.379 e. The Balaban J connectivity index is 1.27. The summed E-state index contributed by atoms with van der Waals surface area (Å²) in [6.45, 7) is 11.4. The number of aromatic nitrogens is 1. The quantitative estimate of drug-likeness (QED) is 0.694. The third-order valence-electron chi connectivity index (χ3n) is 6.58. The van der Waals surface area contributed by atoms with Gasteiger partial charge in [-0.25, -0.2) is 0 Å². The van der Waals surface area contributed by atoms with Crippen LogP contribution < -0.4 is 15.5 Å². The summed E-state index contributed by atoms with van der Waals surface area (Å²) in [5.74, 6) is -0.138. The van der Waals surface area contributed by atoms with Gasteiger partial charge >= 0.3 is 0 Å². The smallest absolute Gasteiger partial charge is 0.257 e. The molecule has 0 atom stereocenters. The van der Waals surface area contributed by atoms with Crippen LogP contribution in [0.1, 0.15) is 37.0 Å². The van der Waals surface area contributed by atoms with E-state index in [1.54, 1.807) is 24.5 Å². The lowest BCUT2D eigenvalue weighted by Gasteiger charge is -2.42. The molecule has 4 rings (SSSR count). The van der Waals surface area contributed by atoms with Crippen molar-refractivity contribution in [1.29, 1.82) is 0 Å². The summed E-state index contributed by atoms with van der Waals surface area (Å²) < 4.78 is 5.50. The number of amides is 1. The maximum atomic E-state index is 12.4. The summed E-state index contributed by atoms with van der Waals surface area (Å²) in [4.78, 5) is 21.4. The van der Waals surface area contributed by atoms with Crippen molar-refractivity contribution in [1.82, 2.24) is 15.2 Å². The van der Waals surface area contributed by atoms with Crippen LogP contribution in [0.5, 0.6) is 0 Å². The molecule has 0 aliphatic carbocycles. The molecule has 0 unspecified atom stereocenters. The lowest BCUT2D eigenvalue weighted by atomic mass is 9.99. The molecular formula is C25H35N5O2. The van der Waals surface area contributed by atoms with Crippen molar-refractivity contribution in [2.24, 2.45) is 0 Å². The predicted octanol–water partition coefficient (Wildman–Crippen LogP) is 3.00. The van der Waals surface area contributed by atoms with E-state index in [9.17, 15) is 4.79 Å². The number of piperidine rings is 1. The topological polar surface area (TPSA) is 69.7 Å². The minimum atomic E-state index is -0.138. The highest BCUT2D eigenvalue weighted by atomic mass is 16.5. The van der Waals surface area contributed by atoms with Crippen LogP contribution in [0.3, 0.4) is 0 Å². The molecule has 1 aromatic heterocycles. The van der Waals surface area contributed by atoms with Crippen LogP contribution in [0.25, 0.3) is 0 Å². The second-order valence-electron chi connectivity index (χ2n) is 9.30. The van der Waals surface area contributed by atoms with Gasteiger partial charge in [-0.05, 0) is 57.0 Å². The minimum Gasteiger partial charge on any atom is -0.379 e. The number of nitrogens with zero attached hydrogens (tertiary/aromatic N) is 3. The van der Waals surface area contributed by atoms with E-state index >= 15 is 0 Å². The first kappa shape index (κ1) is 22.7. The molecule has 2 saturated heterocycles. The van der Waals surface area contributed by atoms with Gasteiger partial charge in [0.2, 0.25) is 0 Å². The number of hydrogen-bond acceptors (Lipinski definition) is 6. The average molecular weight is 438 g/mol. The van der Waals surface area contributed by atoms with Gasteiger partial charge in [-0.3, -0.25) is 14.7 Å². The zero-order valence-electron chi connectivity index (χ0n) is 19.2. The number of benzene rings is 1. The molecule has 1 amide bonds. The van der Waals surface area contributed by atoms with Gasteiger partial charge in [0.05, 0.1) is 18.8 Å². The van der Waals surface area contributed by atoms with Crippen LogP contribution >= 0.6 is 0 Å². The van der Waals surface area contributed by atoms with Crippen LogP contribution in [-0.4, -0.2) is 73.3 Å². The first-order chi connectivity index (χ1) is 15.5. The van der Waals surface area contributed by atoms with E-state index in [2.05, 4.69) is 51.4 Å². The number of anilines is 2. The van der Waals surface area contributed by atoms with Crippen molar-refractivity contribution in [2.75, 3.05) is 56.2 Å². The molecule has 0 radical (unpaired) electrons. The fraction of sp³-hybridized carbons (Fsp3) is 0.520. The maximum Gasteiger partial charge on any atom is 0.257 e. The third-order valence-corrected chi connectivity index (χ3v) is 6.58. The summed E-state index contributed by atoms with van der Waals surface area (Å²) in [6, 6.07) is 12.2. The minimum absolute atomic E-state index is 0.138. The Morgan fingerprint density at radius 2 is 1.91 bits per heavy atom. The van der Waals surface area contributed by atoms with Gasteiger partial charge < -0.3 is 20.3 Å². The number of carbonyl (C=O) groups is 1. The standard InChI is InChI=1S/C25H35N5O2/c1-25(2,30-13-15-32-16-14-30)19-27-21-8-11-29(12-9-21)23-7-3-6-22(17-23)28-24(31)20-5-4-10-26-18-20/h3-7,10,17-18,21,27H,8-9,11-16,19H2,1-2H3,(H,28,31). The highest BCUT2D eigenvalue weighted by Gasteiger charge is 2.29.